The SMILES string of the molecule is Cc1cc(C(Pc2ccccc2)c2cc(C)cc(C(C)(C)C(C)C)c2O)c(O)c(C(C)(C)C(C)C)c1. The Kier molecular flexibility index (Phi) is 8.31. The van der Waals surface area contributed by atoms with Crippen LogP contribution in [0.25, 0.3) is 0 Å². The van der Waals surface area contributed by atoms with Gasteiger partial charge in [0.25, 0.3) is 0 Å². The second kappa shape index (κ2) is 10.6. The zero-order valence-electron chi connectivity index (χ0n) is 23.8. The van der Waals surface area contributed by atoms with Gasteiger partial charge in [0.1, 0.15) is 11.5 Å². The molecular weight excluding hydrogens is 459 g/mol. The van der Waals surface area contributed by atoms with Crippen molar-refractivity contribution >= 4 is 13.9 Å². The predicted octanol–water partition coefficient (Wildman–Crippen LogP) is 8.68. The number of aromatic hydroxyl groups is 2. The Morgan fingerprint density at radius 3 is 1.39 bits per heavy atom. The van der Waals surface area contributed by atoms with Gasteiger partial charge in [0.05, 0.1) is 0 Å². The van der Waals surface area contributed by atoms with Gasteiger partial charge in [-0.05, 0) is 41.8 Å². The first-order valence-electron chi connectivity index (χ1n) is 13.2. The Morgan fingerprint density at radius 1 is 0.639 bits per heavy atom. The Morgan fingerprint density at radius 2 is 1.03 bits per heavy atom. The Labute approximate surface area is 221 Å². The van der Waals surface area contributed by atoms with Gasteiger partial charge in [-0.1, -0.05) is 130 Å². The number of benzene rings is 3. The summed E-state index contributed by atoms with van der Waals surface area (Å²) in [5.74, 6) is 1.44. The number of hydrogen-bond acceptors (Lipinski definition) is 2. The molecule has 1 atom stereocenters. The largest absolute Gasteiger partial charge is 0.507 e. The molecule has 0 spiro atoms. The molecule has 0 amide bonds. The van der Waals surface area contributed by atoms with Crippen molar-refractivity contribution in [3.8, 4) is 11.5 Å². The van der Waals surface area contributed by atoms with Crippen molar-refractivity contribution in [3.05, 3.63) is 88.0 Å². The van der Waals surface area contributed by atoms with Crippen LogP contribution in [0.1, 0.15) is 94.4 Å². The molecule has 0 radical (unpaired) electrons. The first-order chi connectivity index (χ1) is 16.7. The summed E-state index contributed by atoms with van der Waals surface area (Å²) in [6, 6.07) is 18.9. The van der Waals surface area contributed by atoms with Crippen LogP contribution in [0.15, 0.2) is 54.6 Å². The lowest BCUT2D eigenvalue weighted by atomic mass is 9.72. The Hall–Kier alpha value is -2.31. The van der Waals surface area contributed by atoms with Crippen molar-refractivity contribution in [2.75, 3.05) is 0 Å². The normalized spacial score (nSPS) is 13.0. The van der Waals surface area contributed by atoms with Crippen molar-refractivity contribution in [3.63, 3.8) is 0 Å². The van der Waals surface area contributed by atoms with Crippen LogP contribution in [-0.2, 0) is 10.8 Å². The molecule has 36 heavy (non-hydrogen) atoms. The number of rotatable bonds is 8. The van der Waals surface area contributed by atoms with E-state index in [0.29, 0.717) is 31.9 Å². The van der Waals surface area contributed by atoms with Crippen molar-refractivity contribution in [2.24, 2.45) is 11.8 Å². The molecule has 0 aromatic heterocycles. The second-order valence-corrected chi connectivity index (χ2v) is 13.6. The monoisotopic (exact) mass is 504 g/mol. The van der Waals surface area contributed by atoms with Crippen LogP contribution < -0.4 is 5.30 Å². The molecule has 194 valence electrons. The van der Waals surface area contributed by atoms with Crippen molar-refractivity contribution in [2.45, 2.75) is 85.7 Å². The number of hydrogen-bond donors (Lipinski definition) is 2. The van der Waals surface area contributed by atoms with Crippen LogP contribution in [0.5, 0.6) is 11.5 Å². The molecule has 3 aromatic rings. The molecular formula is C33H45O2P. The highest BCUT2D eigenvalue weighted by Gasteiger charge is 2.34. The maximum Gasteiger partial charge on any atom is 0.123 e. The van der Waals surface area contributed by atoms with Crippen molar-refractivity contribution in [1.82, 2.24) is 0 Å². The van der Waals surface area contributed by atoms with Gasteiger partial charge >= 0.3 is 0 Å². The fourth-order valence-corrected chi connectivity index (χ4v) is 6.15. The summed E-state index contributed by atoms with van der Waals surface area (Å²) in [6.07, 6.45) is 0. The van der Waals surface area contributed by atoms with Crippen LogP contribution in [0.3, 0.4) is 0 Å². The minimum atomic E-state index is -0.190. The topological polar surface area (TPSA) is 40.5 Å². The van der Waals surface area contributed by atoms with Gasteiger partial charge in [-0.3, -0.25) is 0 Å². The summed E-state index contributed by atoms with van der Waals surface area (Å²) in [7, 11) is 0.365. The summed E-state index contributed by atoms with van der Waals surface area (Å²) in [6.45, 7) is 21.9. The lowest BCUT2D eigenvalue weighted by molar-refractivity contribution is 0.348. The van der Waals surface area contributed by atoms with Gasteiger partial charge in [-0.25, -0.2) is 0 Å². The molecule has 3 heteroatoms. The van der Waals surface area contributed by atoms with Gasteiger partial charge < -0.3 is 10.2 Å². The van der Waals surface area contributed by atoms with E-state index < -0.39 is 0 Å². The molecule has 3 rings (SSSR count). The Balaban J connectivity index is 2.34. The molecule has 0 saturated carbocycles. The average Bonchev–Trinajstić information content (AvgIpc) is 2.80. The van der Waals surface area contributed by atoms with Crippen LogP contribution >= 0.6 is 8.58 Å². The fraction of sp³-hybridized carbons (Fsp3) is 0.455. The average molecular weight is 505 g/mol. The first-order valence-corrected chi connectivity index (χ1v) is 14.2. The van der Waals surface area contributed by atoms with E-state index in [1.165, 1.54) is 5.30 Å². The first kappa shape index (κ1) is 28.3. The molecule has 3 aromatic carbocycles. The zero-order chi connectivity index (χ0) is 27.0. The molecule has 0 aliphatic rings. The van der Waals surface area contributed by atoms with E-state index in [4.69, 9.17) is 0 Å². The van der Waals surface area contributed by atoms with E-state index >= 15 is 0 Å². The van der Waals surface area contributed by atoms with E-state index in [2.05, 4.69) is 118 Å². The maximum absolute atomic E-state index is 11.8. The lowest BCUT2D eigenvalue weighted by Gasteiger charge is -2.34. The van der Waals surface area contributed by atoms with Gasteiger partial charge in [-0.2, -0.15) is 0 Å². The minimum Gasteiger partial charge on any atom is -0.507 e. The van der Waals surface area contributed by atoms with Gasteiger partial charge in [0.15, 0.2) is 0 Å². The lowest BCUT2D eigenvalue weighted by Crippen LogP contribution is -2.25. The zero-order valence-corrected chi connectivity index (χ0v) is 24.8. The quantitative estimate of drug-likeness (QED) is 0.301. The van der Waals surface area contributed by atoms with Crippen LogP contribution in [-0.4, -0.2) is 10.2 Å². The summed E-state index contributed by atoms with van der Waals surface area (Å²) >= 11 is 0. The molecule has 1 unspecified atom stereocenters. The highest BCUT2D eigenvalue weighted by Crippen LogP contribution is 2.52. The summed E-state index contributed by atoms with van der Waals surface area (Å²) < 4.78 is 0. The highest BCUT2D eigenvalue weighted by atomic mass is 31.1. The van der Waals surface area contributed by atoms with E-state index in [0.717, 1.165) is 33.4 Å². The smallest absolute Gasteiger partial charge is 0.123 e. The molecule has 0 aliphatic heterocycles. The number of phenols is 2. The minimum absolute atomic E-state index is 0.157. The summed E-state index contributed by atoms with van der Waals surface area (Å²) in [5, 5.41) is 24.8. The molecule has 2 nitrogen and oxygen atoms in total. The second-order valence-electron chi connectivity index (χ2n) is 12.2. The van der Waals surface area contributed by atoms with Gasteiger partial charge in [0, 0.05) is 27.9 Å². The maximum atomic E-state index is 11.8. The molecule has 0 saturated heterocycles. The molecule has 0 aliphatic carbocycles. The van der Waals surface area contributed by atoms with E-state index in [1.54, 1.807) is 0 Å². The third-order valence-corrected chi connectivity index (χ3v) is 10.1. The number of phenolic OH excluding ortho intramolecular Hbond substituents is 2. The predicted molar refractivity (Wildman–Crippen MR) is 158 cm³/mol. The van der Waals surface area contributed by atoms with Gasteiger partial charge in [0.2, 0.25) is 0 Å². The van der Waals surface area contributed by atoms with Gasteiger partial charge in [-0.15, -0.1) is 0 Å². The third-order valence-electron chi connectivity index (χ3n) is 8.55. The fourth-order valence-electron chi connectivity index (χ4n) is 4.68. The standard InChI is InChI=1S/C33H45O2P/c1-20(2)32(7,8)27-18-22(5)16-25(29(27)34)31(36-24-14-12-11-13-15-24)26-17-23(6)19-28(30(26)35)33(9,10)21(3)4/h11-21,31,34-36H,1-10H3. The number of aryl methyl sites for hydroxylation is 2. The highest BCUT2D eigenvalue weighted by molar-refractivity contribution is 7.47. The van der Waals surface area contributed by atoms with E-state index in [9.17, 15) is 10.2 Å². The summed E-state index contributed by atoms with van der Waals surface area (Å²) in [4.78, 5) is 0. The summed E-state index contributed by atoms with van der Waals surface area (Å²) in [5.41, 5.74) is 5.47. The van der Waals surface area contributed by atoms with Crippen LogP contribution in [0, 0.1) is 25.7 Å². The molecule has 0 fully saturated rings. The van der Waals surface area contributed by atoms with Crippen molar-refractivity contribution in [1.29, 1.82) is 0 Å². The van der Waals surface area contributed by atoms with Crippen LogP contribution in [0.4, 0.5) is 0 Å². The van der Waals surface area contributed by atoms with E-state index in [-0.39, 0.29) is 16.5 Å². The van der Waals surface area contributed by atoms with Crippen molar-refractivity contribution < 1.29 is 10.2 Å². The molecule has 0 bridgehead atoms. The van der Waals surface area contributed by atoms with E-state index in [1.807, 2.05) is 6.07 Å². The van der Waals surface area contributed by atoms with Crippen LogP contribution in [0.2, 0.25) is 0 Å². The Bertz CT molecular complexity index is 1130. The molecule has 0 heterocycles. The third kappa shape index (κ3) is 5.50. The molecule has 2 N–H and O–H groups in total.